The van der Waals surface area contributed by atoms with Gasteiger partial charge in [0.05, 0.1) is 42.1 Å². The number of aliphatic hydroxyl groups excluding tert-OH is 1. The van der Waals surface area contributed by atoms with E-state index in [0.29, 0.717) is 40.9 Å². The number of morpholine rings is 1. The van der Waals surface area contributed by atoms with E-state index in [9.17, 15) is 5.11 Å². The molecule has 0 radical (unpaired) electrons. The van der Waals surface area contributed by atoms with Crippen LogP contribution < -0.4 is 14.8 Å². The minimum atomic E-state index is -0.631. The summed E-state index contributed by atoms with van der Waals surface area (Å²) in [6.07, 6.45) is 10.9. The predicted molar refractivity (Wildman–Crippen MR) is 176 cm³/mol. The molecule has 15 heteroatoms. The maximum atomic E-state index is 9.88. The van der Waals surface area contributed by atoms with Crippen molar-refractivity contribution in [2.24, 2.45) is 0 Å². The third kappa shape index (κ3) is 8.55. The standard InChI is InChI=1S/C32H43ClN10O4/c1-20(44)18-45-31-29(17-43(38-31)27-8-6-26(7-9-27)41-14-21(2)46-22(3)15-41)37-32-34-12-25(13-35-32)24-5-10-28(33)30(11-24)47-23(4)16-42-19-36-39-40-42/h5,10-13,17,19-23,26-27,44H,6-9,14-16,18H2,1-4H3,(H,34,35,37)/t20-,21-,22+,23+,26?,27?/m1/s1. The second kappa shape index (κ2) is 14.9. The Morgan fingerprint density at radius 1 is 1.04 bits per heavy atom. The summed E-state index contributed by atoms with van der Waals surface area (Å²) in [4.78, 5) is 11.7. The van der Waals surface area contributed by atoms with Gasteiger partial charge in [0.15, 0.2) is 0 Å². The quantitative estimate of drug-likeness (QED) is 0.218. The maximum absolute atomic E-state index is 9.88. The van der Waals surface area contributed by atoms with E-state index < -0.39 is 6.10 Å². The minimum Gasteiger partial charge on any atom is -0.487 e. The number of halogens is 1. The lowest BCUT2D eigenvalue weighted by Gasteiger charge is -2.42. The number of hydrogen-bond acceptors (Lipinski definition) is 12. The lowest BCUT2D eigenvalue weighted by Crippen LogP contribution is -2.51. The van der Waals surface area contributed by atoms with Crippen LogP contribution in [-0.2, 0) is 11.3 Å². The second-order valence-electron chi connectivity index (χ2n) is 12.7. The number of aromatic nitrogens is 8. The molecule has 2 aliphatic rings. The average Bonchev–Trinajstić information content (AvgIpc) is 3.71. The fraction of sp³-hybridized carbons (Fsp3) is 0.562. The Morgan fingerprint density at radius 3 is 2.45 bits per heavy atom. The summed E-state index contributed by atoms with van der Waals surface area (Å²) >= 11 is 6.44. The molecule has 3 aromatic heterocycles. The van der Waals surface area contributed by atoms with Crippen LogP contribution in [0.15, 0.2) is 43.1 Å². The van der Waals surface area contributed by atoms with Gasteiger partial charge in [-0.1, -0.05) is 17.7 Å². The summed E-state index contributed by atoms with van der Waals surface area (Å²) in [7, 11) is 0. The molecule has 0 bridgehead atoms. The fourth-order valence-electron chi connectivity index (χ4n) is 6.37. The van der Waals surface area contributed by atoms with Crippen LogP contribution in [0.1, 0.15) is 59.4 Å². The van der Waals surface area contributed by atoms with E-state index in [2.05, 4.69) is 49.6 Å². The lowest BCUT2D eigenvalue weighted by molar-refractivity contribution is -0.0852. The van der Waals surface area contributed by atoms with Crippen molar-refractivity contribution in [3.05, 3.63) is 48.1 Å². The highest BCUT2D eigenvalue weighted by Crippen LogP contribution is 2.36. The molecule has 1 aromatic carbocycles. The molecule has 4 heterocycles. The van der Waals surface area contributed by atoms with Gasteiger partial charge < -0.3 is 24.6 Å². The van der Waals surface area contributed by atoms with Gasteiger partial charge in [-0.05, 0) is 81.5 Å². The van der Waals surface area contributed by atoms with Crippen molar-refractivity contribution in [3.8, 4) is 22.8 Å². The summed E-state index contributed by atoms with van der Waals surface area (Å²) < 4.78 is 21.5. The second-order valence-corrected chi connectivity index (χ2v) is 13.1. The van der Waals surface area contributed by atoms with Crippen LogP contribution in [0.2, 0.25) is 5.02 Å². The summed E-state index contributed by atoms with van der Waals surface area (Å²) in [5.74, 6) is 1.35. The van der Waals surface area contributed by atoms with Gasteiger partial charge >= 0.3 is 0 Å². The zero-order chi connectivity index (χ0) is 32.9. The molecule has 0 spiro atoms. The fourth-order valence-corrected chi connectivity index (χ4v) is 6.54. The van der Waals surface area contributed by atoms with E-state index in [-0.39, 0.29) is 31.0 Å². The zero-order valence-corrected chi connectivity index (χ0v) is 28.0. The van der Waals surface area contributed by atoms with Gasteiger partial charge in [0.2, 0.25) is 5.95 Å². The van der Waals surface area contributed by atoms with Gasteiger partial charge in [-0.2, -0.15) is 0 Å². The minimum absolute atomic E-state index is 0.126. The smallest absolute Gasteiger partial charge is 0.257 e. The Kier molecular flexibility index (Phi) is 10.5. The van der Waals surface area contributed by atoms with Crippen molar-refractivity contribution >= 4 is 23.2 Å². The van der Waals surface area contributed by atoms with Crippen LogP contribution >= 0.6 is 11.6 Å². The number of nitrogens with zero attached hydrogens (tertiary/aromatic N) is 9. The summed E-state index contributed by atoms with van der Waals surface area (Å²) in [6, 6.07) is 6.37. The number of hydrogen-bond donors (Lipinski definition) is 2. The molecule has 6 rings (SSSR count). The lowest BCUT2D eigenvalue weighted by atomic mass is 9.89. The van der Waals surface area contributed by atoms with Gasteiger partial charge in [0, 0.05) is 37.1 Å². The van der Waals surface area contributed by atoms with Crippen LogP contribution in [0.25, 0.3) is 11.1 Å². The van der Waals surface area contributed by atoms with E-state index in [1.165, 1.54) is 6.33 Å². The number of ether oxygens (including phenoxy) is 3. The van der Waals surface area contributed by atoms with Crippen molar-refractivity contribution in [3.63, 3.8) is 0 Å². The Labute approximate surface area is 279 Å². The molecule has 252 valence electrons. The molecule has 0 amide bonds. The Balaban J connectivity index is 1.11. The highest BCUT2D eigenvalue weighted by Gasteiger charge is 2.32. The predicted octanol–water partition coefficient (Wildman–Crippen LogP) is 4.54. The van der Waals surface area contributed by atoms with Crippen molar-refractivity contribution in [1.29, 1.82) is 0 Å². The molecule has 4 atom stereocenters. The van der Waals surface area contributed by atoms with Gasteiger partial charge in [0.1, 0.15) is 30.5 Å². The monoisotopic (exact) mass is 666 g/mol. The van der Waals surface area contributed by atoms with Gasteiger partial charge in [0.25, 0.3) is 5.88 Å². The third-order valence-electron chi connectivity index (χ3n) is 8.49. The topological polar surface area (TPSA) is 150 Å². The van der Waals surface area contributed by atoms with Crippen LogP contribution in [0.4, 0.5) is 11.6 Å². The Bertz CT molecular complexity index is 1570. The van der Waals surface area contributed by atoms with Crippen molar-refractivity contribution in [2.45, 2.75) is 96.4 Å². The third-order valence-corrected chi connectivity index (χ3v) is 8.80. The largest absolute Gasteiger partial charge is 0.487 e. The number of tetrazole rings is 1. The van der Waals surface area contributed by atoms with E-state index in [1.54, 1.807) is 30.1 Å². The number of nitrogens with one attached hydrogen (secondary N) is 1. The van der Waals surface area contributed by atoms with Crippen molar-refractivity contribution in [2.75, 3.05) is 25.0 Å². The Hall–Kier alpha value is -3.85. The van der Waals surface area contributed by atoms with Gasteiger partial charge in [-0.3, -0.25) is 9.58 Å². The number of rotatable bonds is 12. The van der Waals surface area contributed by atoms with Crippen LogP contribution in [0.5, 0.6) is 11.6 Å². The molecule has 1 aliphatic heterocycles. The molecule has 47 heavy (non-hydrogen) atoms. The molecule has 1 saturated heterocycles. The van der Waals surface area contributed by atoms with Gasteiger partial charge in [-0.15, -0.1) is 10.2 Å². The van der Waals surface area contributed by atoms with E-state index in [0.717, 1.165) is 49.9 Å². The first-order valence-corrected chi connectivity index (χ1v) is 16.6. The van der Waals surface area contributed by atoms with Crippen molar-refractivity contribution in [1.82, 2.24) is 44.9 Å². The molecular weight excluding hydrogens is 624 g/mol. The number of benzene rings is 1. The van der Waals surface area contributed by atoms with E-state index >= 15 is 0 Å². The number of anilines is 2. The molecule has 1 saturated carbocycles. The molecule has 2 fully saturated rings. The van der Waals surface area contributed by atoms with Crippen LogP contribution in [0, 0.1) is 0 Å². The summed E-state index contributed by atoms with van der Waals surface area (Å²) in [6.45, 7) is 10.5. The highest BCUT2D eigenvalue weighted by atomic mass is 35.5. The first-order valence-electron chi connectivity index (χ1n) is 16.3. The molecule has 4 aromatic rings. The van der Waals surface area contributed by atoms with E-state index in [4.69, 9.17) is 30.9 Å². The zero-order valence-electron chi connectivity index (χ0n) is 27.2. The SMILES string of the molecule is C[C@@H]1CN(C2CCC(n3cc(Nc4ncc(-c5ccc(Cl)c(O[C@@H](C)Cn6cnnn6)c5)cn4)c(OC[C@@H](C)O)n3)CC2)C[C@H](C)O1. The number of aliphatic hydroxyl groups is 1. The molecule has 0 unspecified atom stereocenters. The average molecular weight is 667 g/mol. The highest BCUT2D eigenvalue weighted by molar-refractivity contribution is 6.32. The van der Waals surface area contributed by atoms with E-state index in [1.807, 2.05) is 29.9 Å². The van der Waals surface area contributed by atoms with Crippen LogP contribution in [-0.4, -0.2) is 100 Å². The Morgan fingerprint density at radius 2 is 1.77 bits per heavy atom. The molecule has 2 N–H and O–H groups in total. The first kappa shape index (κ1) is 33.1. The molecule has 1 aliphatic carbocycles. The summed E-state index contributed by atoms with van der Waals surface area (Å²) in [5, 5.41) is 29.6. The van der Waals surface area contributed by atoms with Crippen LogP contribution in [0.3, 0.4) is 0 Å². The molecule has 14 nitrogen and oxygen atoms in total. The summed E-state index contributed by atoms with van der Waals surface area (Å²) in [5.41, 5.74) is 2.30. The van der Waals surface area contributed by atoms with Crippen molar-refractivity contribution < 1.29 is 19.3 Å². The van der Waals surface area contributed by atoms with Gasteiger partial charge in [-0.25, -0.2) is 14.6 Å². The molecular formula is C32H43ClN10O4. The maximum Gasteiger partial charge on any atom is 0.257 e. The first-order chi connectivity index (χ1) is 22.7. The normalized spacial score (nSPS) is 23.3.